The number of nitrogens with zero attached hydrogens (tertiary/aromatic N) is 2. The molecule has 5 nitrogen and oxygen atoms in total. The van der Waals surface area contributed by atoms with Crippen molar-refractivity contribution >= 4 is 55.5 Å². The molecule has 3 aromatic rings. The summed E-state index contributed by atoms with van der Waals surface area (Å²) < 4.78 is 13.5. The predicted octanol–water partition coefficient (Wildman–Crippen LogP) is 5.14. The highest BCUT2D eigenvalue weighted by Gasteiger charge is 2.11. The zero-order valence-corrected chi connectivity index (χ0v) is 16.9. The summed E-state index contributed by atoms with van der Waals surface area (Å²) in [7, 11) is 0. The van der Waals surface area contributed by atoms with Crippen LogP contribution in [0.5, 0.6) is 11.5 Å². The van der Waals surface area contributed by atoms with E-state index in [9.17, 15) is 0 Å². The maximum Gasteiger partial charge on any atom is 0.204 e. The summed E-state index contributed by atoms with van der Waals surface area (Å²) in [6.45, 7) is 5.10. The van der Waals surface area contributed by atoms with Gasteiger partial charge in [-0.15, -0.1) is 0 Å². The lowest BCUT2D eigenvalue weighted by Crippen LogP contribution is -2.01. The van der Waals surface area contributed by atoms with Crippen molar-refractivity contribution in [2.45, 2.75) is 13.8 Å². The summed E-state index contributed by atoms with van der Waals surface area (Å²) in [4.78, 5) is 4.49. The van der Waals surface area contributed by atoms with Gasteiger partial charge in [-0.3, -0.25) is 5.43 Å². The van der Waals surface area contributed by atoms with Crippen molar-refractivity contribution in [2.75, 3.05) is 18.6 Å². The van der Waals surface area contributed by atoms with Crippen molar-refractivity contribution in [3.8, 4) is 11.5 Å². The van der Waals surface area contributed by atoms with E-state index in [1.807, 2.05) is 50.2 Å². The Morgan fingerprint density at radius 3 is 2.76 bits per heavy atom. The van der Waals surface area contributed by atoms with Crippen molar-refractivity contribution in [1.29, 1.82) is 0 Å². The van der Waals surface area contributed by atoms with Crippen molar-refractivity contribution < 1.29 is 9.47 Å². The van der Waals surface area contributed by atoms with Crippen LogP contribution >= 0.6 is 33.9 Å². The molecule has 0 aliphatic carbocycles. The molecule has 130 valence electrons. The first kappa shape index (κ1) is 17.9. The molecule has 1 heterocycles. The minimum absolute atomic E-state index is 0.584. The number of benzene rings is 2. The number of para-hydroxylation sites is 1. The van der Waals surface area contributed by atoms with E-state index in [1.54, 1.807) is 17.6 Å². The Hall–Kier alpha value is -1.87. The molecule has 2 aromatic carbocycles. The third kappa shape index (κ3) is 4.40. The number of hydrogen-bond donors (Lipinski definition) is 1. The zero-order chi connectivity index (χ0) is 17.6. The molecule has 0 saturated heterocycles. The summed E-state index contributed by atoms with van der Waals surface area (Å²) in [5.41, 5.74) is 4.90. The second-order valence-corrected chi connectivity index (χ2v) is 7.25. The molecule has 0 fully saturated rings. The van der Waals surface area contributed by atoms with Gasteiger partial charge in [0.1, 0.15) is 0 Å². The van der Waals surface area contributed by atoms with Gasteiger partial charge in [-0.1, -0.05) is 23.5 Å². The Kier molecular flexibility index (Phi) is 6.09. The van der Waals surface area contributed by atoms with E-state index in [4.69, 9.17) is 9.47 Å². The minimum atomic E-state index is 0.584. The average Bonchev–Trinajstić information content (AvgIpc) is 3.01. The van der Waals surface area contributed by atoms with E-state index < -0.39 is 0 Å². The van der Waals surface area contributed by atoms with E-state index in [0.717, 1.165) is 36.0 Å². The Morgan fingerprint density at radius 1 is 1.20 bits per heavy atom. The molecule has 1 N–H and O–H groups in total. The lowest BCUT2D eigenvalue weighted by Gasteiger charge is -2.13. The highest BCUT2D eigenvalue weighted by Crippen LogP contribution is 2.34. The number of fused-ring (bicyclic) bond motifs is 1. The summed E-state index contributed by atoms with van der Waals surface area (Å²) in [5, 5.41) is 5.07. The quantitative estimate of drug-likeness (QED) is 0.297. The Labute approximate surface area is 164 Å². The minimum Gasteiger partial charge on any atom is -0.490 e. The van der Waals surface area contributed by atoms with Gasteiger partial charge < -0.3 is 9.47 Å². The molecule has 0 bridgehead atoms. The zero-order valence-electron chi connectivity index (χ0n) is 14.0. The van der Waals surface area contributed by atoms with Crippen molar-refractivity contribution in [1.82, 2.24) is 4.98 Å². The third-order valence-corrected chi connectivity index (χ3v) is 5.03. The molecule has 0 unspecified atom stereocenters. The highest BCUT2D eigenvalue weighted by atomic mass is 127. The Balaban J connectivity index is 1.78. The molecule has 0 aliphatic heterocycles. The van der Waals surface area contributed by atoms with Crippen LogP contribution in [0.2, 0.25) is 0 Å². The molecule has 3 rings (SSSR count). The molecule has 0 atom stereocenters. The molecule has 0 spiro atoms. The largest absolute Gasteiger partial charge is 0.490 e. The van der Waals surface area contributed by atoms with Gasteiger partial charge in [0.25, 0.3) is 0 Å². The summed E-state index contributed by atoms with van der Waals surface area (Å²) in [6, 6.07) is 12.0. The molecule has 1 aromatic heterocycles. The van der Waals surface area contributed by atoms with Crippen LogP contribution in [0.4, 0.5) is 5.13 Å². The molecule has 0 radical (unpaired) electrons. The van der Waals surface area contributed by atoms with Crippen LogP contribution in [0.15, 0.2) is 41.5 Å². The van der Waals surface area contributed by atoms with E-state index in [1.165, 1.54) is 0 Å². The SMILES string of the molecule is CCOc1cc(C=NNc2nc3ccccc3s2)cc(I)c1OCC. The highest BCUT2D eigenvalue weighted by molar-refractivity contribution is 14.1. The first-order valence-electron chi connectivity index (χ1n) is 7.95. The normalized spacial score (nSPS) is 11.2. The number of hydrogen-bond acceptors (Lipinski definition) is 6. The van der Waals surface area contributed by atoms with Gasteiger partial charge in [0.05, 0.1) is 33.2 Å². The fourth-order valence-electron chi connectivity index (χ4n) is 2.29. The molecule has 7 heteroatoms. The average molecular weight is 467 g/mol. The van der Waals surface area contributed by atoms with Crippen LogP contribution in [0.25, 0.3) is 10.2 Å². The van der Waals surface area contributed by atoms with E-state index in [0.29, 0.717) is 13.2 Å². The van der Waals surface area contributed by atoms with E-state index >= 15 is 0 Å². The van der Waals surface area contributed by atoms with Crippen molar-refractivity contribution in [2.24, 2.45) is 5.10 Å². The molecule has 0 amide bonds. The maximum absolute atomic E-state index is 5.69. The van der Waals surface area contributed by atoms with Crippen LogP contribution < -0.4 is 14.9 Å². The first-order chi connectivity index (χ1) is 12.2. The Morgan fingerprint density at radius 2 is 2.00 bits per heavy atom. The Bertz CT molecular complexity index is 862. The number of thiazole rings is 1. The molecule has 0 saturated carbocycles. The maximum atomic E-state index is 5.69. The van der Waals surface area contributed by atoms with Crippen LogP contribution in [-0.2, 0) is 0 Å². The van der Waals surface area contributed by atoms with Gasteiger partial charge in [0, 0.05) is 0 Å². The second-order valence-electron chi connectivity index (χ2n) is 5.05. The number of halogens is 1. The number of nitrogens with one attached hydrogen (secondary N) is 1. The van der Waals surface area contributed by atoms with E-state index in [2.05, 4.69) is 38.1 Å². The fourth-order valence-corrected chi connectivity index (χ4v) is 3.89. The van der Waals surface area contributed by atoms with Gasteiger partial charge >= 0.3 is 0 Å². The van der Waals surface area contributed by atoms with Crippen LogP contribution in [0, 0.1) is 3.57 Å². The monoisotopic (exact) mass is 467 g/mol. The van der Waals surface area contributed by atoms with Gasteiger partial charge in [0.2, 0.25) is 5.13 Å². The topological polar surface area (TPSA) is 55.7 Å². The second kappa shape index (κ2) is 8.48. The number of aromatic nitrogens is 1. The number of ether oxygens (including phenoxy) is 2. The molecular formula is C18H18IN3O2S. The number of rotatable bonds is 7. The third-order valence-electron chi connectivity index (χ3n) is 3.29. The van der Waals surface area contributed by atoms with Crippen LogP contribution in [0.1, 0.15) is 19.4 Å². The molecule has 0 aliphatic rings. The van der Waals surface area contributed by atoms with Crippen LogP contribution in [0.3, 0.4) is 0 Å². The molecular weight excluding hydrogens is 449 g/mol. The van der Waals surface area contributed by atoms with E-state index in [-0.39, 0.29) is 0 Å². The number of hydrazone groups is 1. The lowest BCUT2D eigenvalue weighted by molar-refractivity contribution is 0.286. The van der Waals surface area contributed by atoms with Crippen molar-refractivity contribution in [3.63, 3.8) is 0 Å². The van der Waals surface area contributed by atoms with Gasteiger partial charge in [-0.05, 0) is 66.3 Å². The predicted molar refractivity (Wildman–Crippen MR) is 112 cm³/mol. The van der Waals surface area contributed by atoms with Gasteiger partial charge in [0.15, 0.2) is 11.5 Å². The summed E-state index contributed by atoms with van der Waals surface area (Å²) in [6.07, 6.45) is 1.76. The summed E-state index contributed by atoms with van der Waals surface area (Å²) >= 11 is 3.82. The van der Waals surface area contributed by atoms with Crippen LogP contribution in [-0.4, -0.2) is 24.4 Å². The van der Waals surface area contributed by atoms with Gasteiger partial charge in [-0.25, -0.2) is 4.98 Å². The lowest BCUT2D eigenvalue weighted by atomic mass is 10.2. The fraction of sp³-hybridized carbons (Fsp3) is 0.222. The van der Waals surface area contributed by atoms with Crippen molar-refractivity contribution in [3.05, 3.63) is 45.5 Å². The van der Waals surface area contributed by atoms with Gasteiger partial charge in [-0.2, -0.15) is 5.10 Å². The number of anilines is 1. The smallest absolute Gasteiger partial charge is 0.204 e. The molecule has 25 heavy (non-hydrogen) atoms. The first-order valence-corrected chi connectivity index (χ1v) is 9.84. The summed E-state index contributed by atoms with van der Waals surface area (Å²) in [5.74, 6) is 1.51. The standard InChI is InChI=1S/C18H18IN3O2S/c1-3-23-15-10-12(9-13(19)17(15)24-4-2)11-20-22-18-21-14-7-5-6-8-16(14)25-18/h5-11H,3-4H2,1-2H3,(H,21,22).